The summed E-state index contributed by atoms with van der Waals surface area (Å²) in [6.07, 6.45) is 0. The molecule has 5 aromatic rings. The maximum atomic E-state index is 13.1. The number of halogens is 1. The van der Waals surface area contributed by atoms with Crippen LogP contribution in [-0.2, 0) is 6.54 Å². The summed E-state index contributed by atoms with van der Waals surface area (Å²) in [5.74, 6) is -0.515. The second-order valence-corrected chi connectivity index (χ2v) is 8.52. The molecule has 0 fully saturated rings. The van der Waals surface area contributed by atoms with E-state index in [1.54, 1.807) is 46.9 Å². The van der Waals surface area contributed by atoms with Crippen LogP contribution >= 0.6 is 22.7 Å². The van der Waals surface area contributed by atoms with E-state index in [2.05, 4.69) is 10.7 Å². The number of nitrogens with one attached hydrogen (secondary N) is 1. The first-order valence-electron chi connectivity index (χ1n) is 9.57. The molecule has 4 nitrogen and oxygen atoms in total. The largest absolute Gasteiger partial charge is 0.348 e. The third-order valence-corrected chi connectivity index (χ3v) is 6.25. The highest BCUT2D eigenvalue weighted by Crippen LogP contribution is 2.33. The lowest BCUT2D eigenvalue weighted by Gasteiger charge is -2.10. The molecule has 0 radical (unpaired) electrons. The molecule has 0 unspecified atom stereocenters. The van der Waals surface area contributed by atoms with Gasteiger partial charge in [0.1, 0.15) is 5.82 Å². The van der Waals surface area contributed by atoms with E-state index in [-0.39, 0.29) is 11.7 Å². The van der Waals surface area contributed by atoms with Gasteiger partial charge in [0.05, 0.1) is 22.4 Å². The number of carbonyl (C=O) groups excluding carboxylic acids is 1. The maximum absolute atomic E-state index is 13.1. The number of rotatable bonds is 5. The summed E-state index contributed by atoms with van der Waals surface area (Å²) in [7, 11) is 0. The molecule has 0 saturated heterocycles. The minimum Gasteiger partial charge on any atom is -0.348 e. The summed E-state index contributed by atoms with van der Waals surface area (Å²) in [6.45, 7) is 0.320. The van der Waals surface area contributed by atoms with Gasteiger partial charge in [-0.3, -0.25) is 4.79 Å². The third-order valence-electron chi connectivity index (χ3n) is 4.88. The Morgan fingerprint density at radius 1 is 0.839 bits per heavy atom. The molecular formula is C24H16FN3OS2. The van der Waals surface area contributed by atoms with E-state index in [9.17, 15) is 9.18 Å². The highest BCUT2D eigenvalue weighted by molar-refractivity contribution is 7.08. The summed E-state index contributed by atoms with van der Waals surface area (Å²) in [5.41, 5.74) is 6.40. The molecule has 1 N–H and O–H groups in total. The summed E-state index contributed by atoms with van der Waals surface area (Å²) in [5, 5.41) is 11.0. The van der Waals surface area contributed by atoms with E-state index in [0.29, 0.717) is 17.6 Å². The summed E-state index contributed by atoms with van der Waals surface area (Å²) in [6, 6.07) is 15.5. The number of aromatic nitrogens is 2. The molecule has 0 saturated carbocycles. The maximum Gasteiger partial charge on any atom is 0.251 e. The fourth-order valence-electron chi connectivity index (χ4n) is 3.28. The fourth-order valence-corrected chi connectivity index (χ4v) is 4.56. The van der Waals surface area contributed by atoms with Gasteiger partial charge in [0.2, 0.25) is 0 Å². The number of carbonyl (C=O) groups is 1. The monoisotopic (exact) mass is 445 g/mol. The Labute approximate surface area is 186 Å². The van der Waals surface area contributed by atoms with E-state index in [0.717, 1.165) is 33.6 Å². The molecule has 3 aromatic heterocycles. The number of amides is 1. The van der Waals surface area contributed by atoms with Gasteiger partial charge >= 0.3 is 0 Å². The van der Waals surface area contributed by atoms with Crippen LogP contribution < -0.4 is 5.32 Å². The van der Waals surface area contributed by atoms with Gasteiger partial charge in [0.25, 0.3) is 5.91 Å². The minimum absolute atomic E-state index is 0.216. The normalized spacial score (nSPS) is 11.0. The van der Waals surface area contributed by atoms with Crippen LogP contribution in [0.3, 0.4) is 0 Å². The Morgan fingerprint density at radius 3 is 2.10 bits per heavy atom. The minimum atomic E-state index is -0.300. The van der Waals surface area contributed by atoms with Gasteiger partial charge in [-0.25, -0.2) is 14.4 Å². The average molecular weight is 446 g/mol. The van der Waals surface area contributed by atoms with Gasteiger partial charge in [0.15, 0.2) is 0 Å². The molecule has 2 aromatic carbocycles. The standard InChI is InChI=1S/C24H16FN3OS2/c25-19-4-1-15(2-5-19)12-26-24(29)16-3-6-20-21(11-16)28-23(18-8-10-31-14-18)22(27-20)17-7-9-30-13-17/h1-11,13-14H,12H2,(H,26,29). The van der Waals surface area contributed by atoms with Crippen LogP contribution in [-0.4, -0.2) is 15.9 Å². The molecule has 0 spiro atoms. The van der Waals surface area contributed by atoms with Crippen molar-refractivity contribution < 1.29 is 9.18 Å². The van der Waals surface area contributed by atoms with Crippen LogP contribution in [0.1, 0.15) is 15.9 Å². The molecule has 0 aliphatic carbocycles. The molecule has 3 heterocycles. The number of benzene rings is 2. The average Bonchev–Trinajstić information content (AvgIpc) is 3.52. The van der Waals surface area contributed by atoms with E-state index in [1.165, 1.54) is 12.1 Å². The zero-order valence-electron chi connectivity index (χ0n) is 16.2. The Kier molecular flexibility index (Phi) is 5.28. The Balaban J connectivity index is 1.48. The van der Waals surface area contributed by atoms with Crippen molar-refractivity contribution in [2.75, 3.05) is 0 Å². The first-order chi connectivity index (χ1) is 15.2. The lowest BCUT2D eigenvalue weighted by atomic mass is 10.1. The van der Waals surface area contributed by atoms with Crippen molar-refractivity contribution >= 4 is 39.6 Å². The molecule has 31 heavy (non-hydrogen) atoms. The van der Waals surface area contributed by atoms with Crippen molar-refractivity contribution in [3.05, 3.63) is 93.1 Å². The van der Waals surface area contributed by atoms with Gasteiger partial charge in [-0.15, -0.1) is 0 Å². The Hall–Kier alpha value is -3.42. The predicted octanol–water partition coefficient (Wildman–Crippen LogP) is 6.16. The molecular weight excluding hydrogens is 429 g/mol. The molecule has 7 heteroatoms. The number of hydrogen-bond acceptors (Lipinski definition) is 5. The van der Waals surface area contributed by atoms with Gasteiger partial charge < -0.3 is 5.32 Å². The van der Waals surface area contributed by atoms with E-state index >= 15 is 0 Å². The molecule has 0 aliphatic rings. The van der Waals surface area contributed by atoms with Crippen molar-refractivity contribution in [3.8, 4) is 22.5 Å². The molecule has 0 aliphatic heterocycles. The number of fused-ring (bicyclic) bond motifs is 1. The highest BCUT2D eigenvalue weighted by Gasteiger charge is 2.15. The van der Waals surface area contributed by atoms with Crippen molar-refractivity contribution in [2.24, 2.45) is 0 Å². The zero-order valence-corrected chi connectivity index (χ0v) is 17.8. The topological polar surface area (TPSA) is 54.9 Å². The van der Waals surface area contributed by atoms with Gasteiger partial charge in [-0.2, -0.15) is 22.7 Å². The Morgan fingerprint density at radius 2 is 1.48 bits per heavy atom. The molecule has 0 bridgehead atoms. The highest BCUT2D eigenvalue weighted by atomic mass is 32.1. The van der Waals surface area contributed by atoms with E-state index in [1.807, 2.05) is 34.3 Å². The molecule has 1 amide bonds. The summed E-state index contributed by atoms with van der Waals surface area (Å²) in [4.78, 5) is 22.4. The molecule has 152 valence electrons. The van der Waals surface area contributed by atoms with E-state index < -0.39 is 0 Å². The third kappa shape index (κ3) is 4.10. The summed E-state index contributed by atoms with van der Waals surface area (Å²) >= 11 is 3.22. The molecule has 0 atom stereocenters. The Bertz CT molecular complexity index is 1350. The second kappa shape index (κ2) is 8.37. The lowest BCUT2D eigenvalue weighted by molar-refractivity contribution is 0.0951. The van der Waals surface area contributed by atoms with Crippen molar-refractivity contribution in [1.29, 1.82) is 0 Å². The van der Waals surface area contributed by atoms with Gasteiger partial charge in [-0.1, -0.05) is 12.1 Å². The van der Waals surface area contributed by atoms with Crippen LogP contribution in [0.25, 0.3) is 33.5 Å². The van der Waals surface area contributed by atoms with Crippen LogP contribution in [0.2, 0.25) is 0 Å². The summed E-state index contributed by atoms with van der Waals surface area (Å²) < 4.78 is 13.1. The van der Waals surface area contributed by atoms with E-state index in [4.69, 9.17) is 9.97 Å². The second-order valence-electron chi connectivity index (χ2n) is 6.96. The van der Waals surface area contributed by atoms with Crippen molar-refractivity contribution in [3.63, 3.8) is 0 Å². The smallest absolute Gasteiger partial charge is 0.251 e. The number of hydrogen-bond donors (Lipinski definition) is 1. The lowest BCUT2D eigenvalue weighted by Crippen LogP contribution is -2.22. The van der Waals surface area contributed by atoms with Crippen LogP contribution in [0.5, 0.6) is 0 Å². The fraction of sp³-hybridized carbons (Fsp3) is 0.0417. The predicted molar refractivity (Wildman–Crippen MR) is 124 cm³/mol. The van der Waals surface area contributed by atoms with Gasteiger partial charge in [-0.05, 0) is 58.8 Å². The van der Waals surface area contributed by atoms with Crippen molar-refractivity contribution in [2.45, 2.75) is 6.54 Å². The van der Waals surface area contributed by atoms with Crippen LogP contribution in [0.15, 0.2) is 76.1 Å². The zero-order chi connectivity index (χ0) is 21.2. The first kappa shape index (κ1) is 19.5. The number of nitrogens with zero attached hydrogens (tertiary/aromatic N) is 2. The first-order valence-corrected chi connectivity index (χ1v) is 11.5. The van der Waals surface area contributed by atoms with Crippen molar-refractivity contribution in [1.82, 2.24) is 15.3 Å². The van der Waals surface area contributed by atoms with Crippen LogP contribution in [0.4, 0.5) is 4.39 Å². The quantitative estimate of drug-likeness (QED) is 0.353. The molecule has 5 rings (SSSR count). The van der Waals surface area contributed by atoms with Crippen LogP contribution in [0, 0.1) is 5.82 Å². The van der Waals surface area contributed by atoms with Gasteiger partial charge in [0, 0.05) is 34.0 Å². The SMILES string of the molecule is O=C(NCc1ccc(F)cc1)c1ccc2nc(-c3ccsc3)c(-c3ccsc3)nc2c1. The number of thiophene rings is 2.